The van der Waals surface area contributed by atoms with Gasteiger partial charge in [-0.1, -0.05) is 23.8 Å². The van der Waals surface area contributed by atoms with Crippen LogP contribution in [0.1, 0.15) is 39.2 Å². The van der Waals surface area contributed by atoms with Gasteiger partial charge in [-0.15, -0.1) is 11.3 Å². The first kappa shape index (κ1) is 18.5. The largest absolute Gasteiger partial charge is 0.357 e. The van der Waals surface area contributed by atoms with E-state index >= 15 is 0 Å². The third-order valence-corrected chi connectivity index (χ3v) is 5.09. The van der Waals surface area contributed by atoms with Gasteiger partial charge in [0.2, 0.25) is 0 Å². The first-order valence-corrected chi connectivity index (χ1v) is 9.32. The molecule has 2 rings (SSSR count). The summed E-state index contributed by atoms with van der Waals surface area (Å²) in [5.41, 5.74) is 5.00. The third-order valence-electron chi connectivity index (χ3n) is 3.95. The maximum Gasteiger partial charge on any atom is 0.191 e. The average Bonchev–Trinajstić information content (AvgIpc) is 2.84. The lowest BCUT2D eigenvalue weighted by atomic mass is 10.1. The van der Waals surface area contributed by atoms with Crippen LogP contribution in [0.2, 0.25) is 0 Å². The number of hydrogen-bond donors (Lipinski definition) is 2. The second-order valence-corrected chi connectivity index (χ2v) is 7.34. The van der Waals surface area contributed by atoms with Crippen molar-refractivity contribution in [3.8, 4) is 0 Å². The highest BCUT2D eigenvalue weighted by Gasteiger charge is 2.04. The molecule has 0 aliphatic rings. The van der Waals surface area contributed by atoms with Crippen LogP contribution in [0, 0.1) is 27.7 Å². The second-order valence-electron chi connectivity index (χ2n) is 6.05. The standard InChI is InChI=1S/C19H28N4S/c1-6-20-19(21-10-9-18-23-15(4)16(5)24-18)22-12-17-8-7-13(2)11-14(17)3/h7-8,11H,6,9-10,12H2,1-5H3,(H2,20,21,22). The molecule has 4 nitrogen and oxygen atoms in total. The molecule has 0 aliphatic heterocycles. The fourth-order valence-electron chi connectivity index (χ4n) is 2.46. The van der Waals surface area contributed by atoms with Gasteiger partial charge in [-0.25, -0.2) is 9.98 Å². The van der Waals surface area contributed by atoms with Gasteiger partial charge >= 0.3 is 0 Å². The number of thiazole rings is 1. The normalized spacial score (nSPS) is 11.6. The van der Waals surface area contributed by atoms with Crippen molar-refractivity contribution in [2.24, 2.45) is 4.99 Å². The van der Waals surface area contributed by atoms with Gasteiger partial charge in [-0.2, -0.15) is 0 Å². The number of nitrogens with zero attached hydrogens (tertiary/aromatic N) is 2. The molecule has 0 saturated carbocycles. The van der Waals surface area contributed by atoms with Gasteiger partial charge in [0.1, 0.15) is 0 Å². The van der Waals surface area contributed by atoms with Crippen LogP contribution in [0.25, 0.3) is 0 Å². The molecule has 0 saturated heterocycles. The Morgan fingerprint density at radius 3 is 2.58 bits per heavy atom. The minimum Gasteiger partial charge on any atom is -0.357 e. The van der Waals surface area contributed by atoms with E-state index in [9.17, 15) is 0 Å². The number of rotatable bonds is 6. The molecule has 0 spiro atoms. The zero-order valence-electron chi connectivity index (χ0n) is 15.4. The molecule has 2 N–H and O–H groups in total. The van der Waals surface area contributed by atoms with Gasteiger partial charge < -0.3 is 10.6 Å². The van der Waals surface area contributed by atoms with Crippen LogP contribution in [0.4, 0.5) is 0 Å². The first-order chi connectivity index (χ1) is 11.5. The van der Waals surface area contributed by atoms with Crippen LogP contribution in [0.15, 0.2) is 23.2 Å². The van der Waals surface area contributed by atoms with Crippen molar-refractivity contribution in [2.45, 2.75) is 47.6 Å². The summed E-state index contributed by atoms with van der Waals surface area (Å²) in [4.78, 5) is 10.6. The highest BCUT2D eigenvalue weighted by atomic mass is 32.1. The molecular formula is C19H28N4S. The lowest BCUT2D eigenvalue weighted by molar-refractivity contribution is 0.795. The molecule has 24 heavy (non-hydrogen) atoms. The number of guanidine groups is 1. The lowest BCUT2D eigenvalue weighted by Gasteiger charge is -2.11. The van der Waals surface area contributed by atoms with Crippen molar-refractivity contribution < 1.29 is 0 Å². The Morgan fingerprint density at radius 1 is 1.17 bits per heavy atom. The number of aryl methyl sites for hydroxylation is 4. The summed E-state index contributed by atoms with van der Waals surface area (Å²) in [6, 6.07) is 6.52. The summed E-state index contributed by atoms with van der Waals surface area (Å²) >= 11 is 1.78. The van der Waals surface area contributed by atoms with E-state index in [4.69, 9.17) is 4.99 Å². The van der Waals surface area contributed by atoms with E-state index < -0.39 is 0 Å². The van der Waals surface area contributed by atoms with Gasteiger partial charge in [0, 0.05) is 24.4 Å². The zero-order valence-corrected chi connectivity index (χ0v) is 16.2. The Bertz CT molecular complexity index is 684. The van der Waals surface area contributed by atoms with Gasteiger partial charge in [0.25, 0.3) is 0 Å². The number of nitrogens with one attached hydrogen (secondary N) is 2. The topological polar surface area (TPSA) is 49.3 Å². The number of benzene rings is 1. The van der Waals surface area contributed by atoms with Crippen molar-refractivity contribution in [1.82, 2.24) is 15.6 Å². The second kappa shape index (κ2) is 8.83. The van der Waals surface area contributed by atoms with Gasteiger partial charge in [0.15, 0.2) is 5.96 Å². The highest BCUT2D eigenvalue weighted by molar-refractivity contribution is 7.11. The van der Waals surface area contributed by atoms with E-state index in [-0.39, 0.29) is 0 Å². The van der Waals surface area contributed by atoms with E-state index in [1.165, 1.54) is 26.6 Å². The van der Waals surface area contributed by atoms with Gasteiger partial charge in [0.05, 0.1) is 17.2 Å². The third kappa shape index (κ3) is 5.34. The number of hydrogen-bond acceptors (Lipinski definition) is 3. The van der Waals surface area contributed by atoms with Crippen molar-refractivity contribution >= 4 is 17.3 Å². The molecule has 130 valence electrons. The predicted octanol–water partition coefficient (Wildman–Crippen LogP) is 3.67. The van der Waals surface area contributed by atoms with Crippen molar-refractivity contribution in [3.05, 3.63) is 50.5 Å². The van der Waals surface area contributed by atoms with Crippen LogP contribution in [0.3, 0.4) is 0 Å². The Hall–Kier alpha value is -1.88. The number of aromatic nitrogens is 1. The average molecular weight is 345 g/mol. The van der Waals surface area contributed by atoms with Gasteiger partial charge in [-0.3, -0.25) is 0 Å². The quantitative estimate of drug-likeness (QED) is 0.621. The lowest BCUT2D eigenvalue weighted by Crippen LogP contribution is -2.38. The van der Waals surface area contributed by atoms with Crippen molar-refractivity contribution in [3.63, 3.8) is 0 Å². The molecule has 2 aromatic rings. The molecule has 5 heteroatoms. The molecule has 0 aliphatic carbocycles. The van der Waals surface area contributed by atoms with Crippen molar-refractivity contribution in [1.29, 1.82) is 0 Å². The molecule has 1 heterocycles. The van der Waals surface area contributed by atoms with E-state index in [2.05, 4.69) is 68.4 Å². The Morgan fingerprint density at radius 2 is 1.96 bits per heavy atom. The molecule has 0 amide bonds. The highest BCUT2D eigenvalue weighted by Crippen LogP contribution is 2.16. The monoisotopic (exact) mass is 344 g/mol. The minimum absolute atomic E-state index is 0.691. The Balaban J connectivity index is 1.92. The van der Waals surface area contributed by atoms with E-state index in [1.807, 2.05) is 0 Å². The molecular weight excluding hydrogens is 316 g/mol. The molecule has 0 fully saturated rings. The summed E-state index contributed by atoms with van der Waals surface area (Å²) < 4.78 is 0. The zero-order chi connectivity index (χ0) is 17.5. The summed E-state index contributed by atoms with van der Waals surface area (Å²) in [6.45, 7) is 12.9. The van der Waals surface area contributed by atoms with Crippen LogP contribution < -0.4 is 10.6 Å². The molecule has 0 atom stereocenters. The maximum atomic E-state index is 4.71. The number of aliphatic imine (C=N–C) groups is 1. The van der Waals surface area contributed by atoms with Crippen LogP contribution in [-0.4, -0.2) is 24.0 Å². The van der Waals surface area contributed by atoms with Crippen molar-refractivity contribution in [2.75, 3.05) is 13.1 Å². The van der Waals surface area contributed by atoms with Gasteiger partial charge in [-0.05, 0) is 45.7 Å². The van der Waals surface area contributed by atoms with Crippen LogP contribution in [-0.2, 0) is 13.0 Å². The fraction of sp³-hybridized carbons (Fsp3) is 0.474. The molecule has 0 unspecified atom stereocenters. The maximum absolute atomic E-state index is 4.71. The minimum atomic E-state index is 0.691. The predicted molar refractivity (Wildman–Crippen MR) is 104 cm³/mol. The van der Waals surface area contributed by atoms with E-state index in [0.717, 1.165) is 31.2 Å². The van der Waals surface area contributed by atoms with Crippen LogP contribution in [0.5, 0.6) is 0 Å². The summed E-state index contributed by atoms with van der Waals surface area (Å²) in [5, 5.41) is 7.90. The summed E-state index contributed by atoms with van der Waals surface area (Å²) in [5.74, 6) is 0.863. The molecule has 0 radical (unpaired) electrons. The Labute approximate surface area is 149 Å². The van der Waals surface area contributed by atoms with E-state index in [1.54, 1.807) is 11.3 Å². The summed E-state index contributed by atoms with van der Waals surface area (Å²) in [7, 11) is 0. The summed E-state index contributed by atoms with van der Waals surface area (Å²) in [6.07, 6.45) is 0.924. The fourth-order valence-corrected chi connectivity index (χ4v) is 3.40. The Kier molecular flexibility index (Phi) is 6.79. The van der Waals surface area contributed by atoms with Crippen LogP contribution >= 0.6 is 11.3 Å². The smallest absolute Gasteiger partial charge is 0.191 e. The SMILES string of the molecule is CCNC(=NCc1ccc(C)cc1C)NCCc1nc(C)c(C)s1. The molecule has 1 aromatic carbocycles. The van der Waals surface area contributed by atoms with E-state index in [0.29, 0.717) is 6.54 Å². The molecule has 1 aromatic heterocycles. The molecule has 0 bridgehead atoms. The first-order valence-electron chi connectivity index (χ1n) is 8.50.